The molecule has 0 atom stereocenters. The van der Waals surface area contributed by atoms with Crippen molar-refractivity contribution in [3.05, 3.63) is 53.6 Å². The highest BCUT2D eigenvalue weighted by atomic mass is 35.5. The van der Waals surface area contributed by atoms with E-state index in [0.717, 1.165) is 12.0 Å². The van der Waals surface area contributed by atoms with Gasteiger partial charge in [-0.1, -0.05) is 30.3 Å². The summed E-state index contributed by atoms with van der Waals surface area (Å²) >= 11 is 5.55. The number of rotatable bonds is 5. The maximum atomic E-state index is 11.9. The first-order valence-corrected chi connectivity index (χ1v) is 9.05. The van der Waals surface area contributed by atoms with Gasteiger partial charge in [0.05, 0.1) is 5.75 Å². The zero-order valence-electron chi connectivity index (χ0n) is 11.5. The fourth-order valence-electron chi connectivity index (χ4n) is 2.68. The van der Waals surface area contributed by atoms with Crippen LogP contribution in [0.4, 0.5) is 5.69 Å². The summed E-state index contributed by atoms with van der Waals surface area (Å²) < 4.78 is 26.4. The summed E-state index contributed by atoms with van der Waals surface area (Å²) in [6.07, 6.45) is 1.30. The molecule has 2 aromatic carbocycles. The summed E-state index contributed by atoms with van der Waals surface area (Å²) in [5, 5.41) is 0. The van der Waals surface area contributed by atoms with Crippen molar-refractivity contribution in [2.24, 2.45) is 0 Å². The molecular formula is C16H16ClNO2S. The molecule has 5 heteroatoms. The third-order valence-electron chi connectivity index (χ3n) is 3.61. The maximum absolute atomic E-state index is 11.9. The van der Waals surface area contributed by atoms with Crippen LogP contribution >= 0.6 is 11.6 Å². The largest absolute Gasteiger partial charge is 0.284 e. The Morgan fingerprint density at radius 2 is 1.81 bits per heavy atom. The zero-order chi connectivity index (χ0) is 14.9. The molecule has 1 aliphatic rings. The second kappa shape index (κ2) is 5.70. The lowest BCUT2D eigenvalue weighted by molar-refractivity contribution is 0.600. The zero-order valence-corrected chi connectivity index (χ0v) is 13.0. The van der Waals surface area contributed by atoms with Crippen molar-refractivity contribution in [2.75, 3.05) is 16.4 Å². The topological polar surface area (TPSA) is 46.2 Å². The quantitative estimate of drug-likeness (QED) is 0.729. The molecule has 0 heterocycles. The van der Waals surface area contributed by atoms with Crippen molar-refractivity contribution in [1.82, 2.24) is 0 Å². The molecular weight excluding hydrogens is 306 g/mol. The number of nitrogens with one attached hydrogen (secondary N) is 1. The fourth-order valence-corrected chi connectivity index (χ4v) is 4.09. The van der Waals surface area contributed by atoms with Gasteiger partial charge in [-0.2, -0.15) is 0 Å². The Hall–Kier alpha value is -1.52. The predicted octanol–water partition coefficient (Wildman–Crippen LogP) is 3.63. The summed E-state index contributed by atoms with van der Waals surface area (Å²) in [6.45, 7) is 0. The van der Waals surface area contributed by atoms with Gasteiger partial charge in [0.15, 0.2) is 0 Å². The first kappa shape index (κ1) is 14.4. The Labute approximate surface area is 130 Å². The molecule has 1 N–H and O–H groups in total. The molecule has 0 saturated carbocycles. The van der Waals surface area contributed by atoms with Gasteiger partial charge in [0, 0.05) is 11.6 Å². The lowest BCUT2D eigenvalue weighted by Gasteiger charge is -2.09. The number of fused-ring (bicyclic) bond motifs is 3. The summed E-state index contributed by atoms with van der Waals surface area (Å²) in [5.41, 5.74) is 5.50. The van der Waals surface area contributed by atoms with E-state index in [0.29, 0.717) is 18.0 Å². The highest BCUT2D eigenvalue weighted by Gasteiger charge is 2.19. The van der Waals surface area contributed by atoms with Gasteiger partial charge in [0.25, 0.3) is 0 Å². The molecule has 1 aliphatic carbocycles. The molecule has 3 rings (SSSR count). The van der Waals surface area contributed by atoms with Gasteiger partial charge in [-0.3, -0.25) is 4.72 Å². The molecule has 0 aromatic heterocycles. The van der Waals surface area contributed by atoms with Gasteiger partial charge in [-0.25, -0.2) is 8.42 Å². The fraction of sp³-hybridized carbons (Fsp3) is 0.250. The van der Waals surface area contributed by atoms with Crippen LogP contribution in [0.2, 0.25) is 0 Å². The van der Waals surface area contributed by atoms with E-state index in [-0.39, 0.29) is 5.75 Å². The number of sulfonamides is 1. The minimum atomic E-state index is -3.32. The third-order valence-corrected chi connectivity index (χ3v) is 5.25. The van der Waals surface area contributed by atoms with E-state index < -0.39 is 10.0 Å². The van der Waals surface area contributed by atoms with Gasteiger partial charge in [-0.05, 0) is 47.2 Å². The van der Waals surface area contributed by atoms with Crippen molar-refractivity contribution in [3.63, 3.8) is 0 Å². The molecule has 2 aromatic rings. The standard InChI is InChI=1S/C16H16ClNO2S/c17-8-3-9-21(19,20)18-14-6-7-16-13(11-14)10-12-4-1-2-5-15(12)16/h1-2,4-7,11,18H,3,8-10H2. The lowest BCUT2D eigenvalue weighted by atomic mass is 10.1. The second-order valence-electron chi connectivity index (χ2n) is 5.17. The average molecular weight is 322 g/mol. The Morgan fingerprint density at radius 1 is 1.05 bits per heavy atom. The number of alkyl halides is 1. The predicted molar refractivity (Wildman–Crippen MR) is 87.4 cm³/mol. The number of hydrogen-bond donors (Lipinski definition) is 1. The van der Waals surface area contributed by atoms with E-state index in [1.54, 1.807) is 0 Å². The van der Waals surface area contributed by atoms with Crippen LogP contribution in [0.5, 0.6) is 0 Å². The normalized spacial score (nSPS) is 12.8. The molecule has 21 heavy (non-hydrogen) atoms. The molecule has 3 nitrogen and oxygen atoms in total. The van der Waals surface area contributed by atoms with Crippen LogP contribution in [0, 0.1) is 0 Å². The van der Waals surface area contributed by atoms with E-state index in [4.69, 9.17) is 11.6 Å². The summed E-state index contributed by atoms with van der Waals surface area (Å²) in [7, 11) is -3.32. The van der Waals surface area contributed by atoms with Crippen LogP contribution < -0.4 is 4.72 Å². The molecule has 0 fully saturated rings. The van der Waals surface area contributed by atoms with Crippen LogP contribution in [-0.2, 0) is 16.4 Å². The van der Waals surface area contributed by atoms with E-state index in [1.165, 1.54) is 16.7 Å². The first-order valence-electron chi connectivity index (χ1n) is 6.87. The molecule has 0 amide bonds. The number of hydrogen-bond acceptors (Lipinski definition) is 2. The van der Waals surface area contributed by atoms with Crippen LogP contribution in [0.15, 0.2) is 42.5 Å². The van der Waals surface area contributed by atoms with Gasteiger partial charge in [-0.15, -0.1) is 11.6 Å². The number of halogens is 1. The molecule has 0 spiro atoms. The maximum Gasteiger partial charge on any atom is 0.232 e. The van der Waals surface area contributed by atoms with Crippen LogP contribution in [0.1, 0.15) is 17.5 Å². The number of benzene rings is 2. The molecule has 110 valence electrons. The van der Waals surface area contributed by atoms with Crippen LogP contribution in [0.25, 0.3) is 11.1 Å². The summed E-state index contributed by atoms with van der Waals surface area (Å²) in [6, 6.07) is 14.0. The van der Waals surface area contributed by atoms with Gasteiger partial charge in [0.1, 0.15) is 0 Å². The molecule has 0 unspecified atom stereocenters. The Kier molecular flexibility index (Phi) is 3.91. The summed E-state index contributed by atoms with van der Waals surface area (Å²) in [4.78, 5) is 0. The van der Waals surface area contributed by atoms with Crippen molar-refractivity contribution >= 4 is 27.3 Å². The smallest absolute Gasteiger partial charge is 0.232 e. The van der Waals surface area contributed by atoms with E-state index >= 15 is 0 Å². The number of anilines is 1. The van der Waals surface area contributed by atoms with E-state index in [2.05, 4.69) is 16.9 Å². The minimum Gasteiger partial charge on any atom is -0.284 e. The van der Waals surface area contributed by atoms with Crippen LogP contribution in [-0.4, -0.2) is 20.1 Å². The SMILES string of the molecule is O=S(=O)(CCCCl)Nc1ccc2c(c1)Cc1ccccc1-2. The van der Waals surface area contributed by atoms with E-state index in [1.807, 2.05) is 30.3 Å². The highest BCUT2D eigenvalue weighted by Crippen LogP contribution is 2.37. The first-order chi connectivity index (χ1) is 10.1. The third kappa shape index (κ3) is 3.06. The van der Waals surface area contributed by atoms with Crippen molar-refractivity contribution in [3.8, 4) is 11.1 Å². The summed E-state index contributed by atoms with van der Waals surface area (Å²) in [5.74, 6) is 0.397. The molecule has 0 aliphatic heterocycles. The second-order valence-corrected chi connectivity index (χ2v) is 7.39. The highest BCUT2D eigenvalue weighted by molar-refractivity contribution is 7.92. The van der Waals surface area contributed by atoms with Gasteiger partial charge in [0.2, 0.25) is 10.0 Å². The van der Waals surface area contributed by atoms with Crippen LogP contribution in [0.3, 0.4) is 0 Å². The van der Waals surface area contributed by atoms with Crippen molar-refractivity contribution in [1.29, 1.82) is 0 Å². The van der Waals surface area contributed by atoms with Crippen molar-refractivity contribution < 1.29 is 8.42 Å². The average Bonchev–Trinajstić information content (AvgIpc) is 2.82. The molecule has 0 bridgehead atoms. The Balaban J connectivity index is 1.84. The Morgan fingerprint density at radius 3 is 2.62 bits per heavy atom. The molecule has 0 radical (unpaired) electrons. The van der Waals surface area contributed by atoms with Gasteiger partial charge >= 0.3 is 0 Å². The minimum absolute atomic E-state index is 0.0494. The Bertz CT molecular complexity index is 772. The lowest BCUT2D eigenvalue weighted by Crippen LogP contribution is -2.17. The van der Waals surface area contributed by atoms with E-state index in [9.17, 15) is 8.42 Å². The molecule has 0 saturated heterocycles. The van der Waals surface area contributed by atoms with Gasteiger partial charge < -0.3 is 0 Å². The monoisotopic (exact) mass is 321 g/mol. The van der Waals surface area contributed by atoms with Crippen molar-refractivity contribution in [2.45, 2.75) is 12.8 Å².